The number of aliphatic hydroxyl groups excluding tert-OH is 1. The molecule has 0 bridgehead atoms. The van der Waals surface area contributed by atoms with E-state index in [4.69, 9.17) is 37.0 Å². The average Bonchev–Trinajstić information content (AvgIpc) is 1.04. The van der Waals surface area contributed by atoms with Gasteiger partial charge in [-0.05, 0) is 31.6 Å². The summed E-state index contributed by atoms with van der Waals surface area (Å²) in [4.78, 5) is 72.7. The van der Waals surface area contributed by atoms with Crippen molar-refractivity contribution in [2.24, 2.45) is 5.92 Å². The fourth-order valence-corrected chi connectivity index (χ4v) is 14.0. The number of hydrogen-bond acceptors (Lipinski definition) is 15. The van der Waals surface area contributed by atoms with Crippen molar-refractivity contribution in [3.63, 3.8) is 0 Å². The molecule has 3 N–H and O–H groups in total. The predicted octanol–water partition coefficient (Wildman–Crippen LogP) is 24.0. The van der Waals surface area contributed by atoms with Crippen LogP contribution in [0.4, 0.5) is 0 Å². The Balaban J connectivity index is 5.11. The molecule has 0 aromatic rings. The molecule has 0 aromatic carbocycles. The monoisotopic (exact) mass is 1450 g/mol. The maximum atomic E-state index is 13.1. The number of rotatable bonds is 80. The fraction of sp³-hybridized carbons (Fsp3) is 0.950. The lowest BCUT2D eigenvalue weighted by Crippen LogP contribution is -2.30. The fourth-order valence-electron chi connectivity index (χ4n) is 12.4. The van der Waals surface area contributed by atoms with Gasteiger partial charge in [-0.3, -0.25) is 37.3 Å². The van der Waals surface area contributed by atoms with Gasteiger partial charge in [0.15, 0.2) is 12.2 Å². The van der Waals surface area contributed by atoms with E-state index < -0.39 is 97.5 Å². The van der Waals surface area contributed by atoms with Gasteiger partial charge in [0.25, 0.3) is 0 Å². The lowest BCUT2D eigenvalue weighted by Gasteiger charge is -2.21. The molecule has 0 amide bonds. The molecule has 588 valence electrons. The standard InChI is InChI=1S/C80H156O17P2/c1-6-9-12-15-17-19-21-23-25-27-28-29-30-32-34-38-42-46-50-55-60-66-80(85)97-76(70-91-78(83)64-59-54-49-45-41-37-33-31-26-24-22-20-18-16-13-10-7-2)72-95-99(88,89)93-68-74(81)67-92-98(86,87)94-71-75(69-90-77(82)63-58-52-14-11-8-3)96-79(84)65-61-56-51-47-43-39-35-36-40-44-48-53-57-62-73(4)5/h73-76,81H,6-72H2,1-5H3,(H,86,87)(H,88,89)/t74-,75+,76+/m0/s1. The smallest absolute Gasteiger partial charge is 0.462 e. The largest absolute Gasteiger partial charge is 0.472 e. The van der Waals surface area contributed by atoms with Gasteiger partial charge in [0, 0.05) is 25.7 Å². The van der Waals surface area contributed by atoms with Crippen LogP contribution >= 0.6 is 15.6 Å². The summed E-state index contributed by atoms with van der Waals surface area (Å²) in [5, 5.41) is 10.6. The van der Waals surface area contributed by atoms with E-state index in [1.807, 2.05) is 0 Å². The van der Waals surface area contributed by atoms with Crippen LogP contribution in [0.5, 0.6) is 0 Å². The molecule has 0 saturated carbocycles. The molecular formula is C80H156O17P2. The Morgan fingerprint density at radius 3 is 0.687 bits per heavy atom. The van der Waals surface area contributed by atoms with Crippen molar-refractivity contribution in [2.45, 2.75) is 445 Å². The van der Waals surface area contributed by atoms with Crippen molar-refractivity contribution in [1.29, 1.82) is 0 Å². The van der Waals surface area contributed by atoms with Gasteiger partial charge in [0.05, 0.1) is 26.4 Å². The highest BCUT2D eigenvalue weighted by atomic mass is 31.2. The molecule has 0 aliphatic rings. The minimum absolute atomic E-state index is 0.107. The summed E-state index contributed by atoms with van der Waals surface area (Å²) in [6.07, 6.45) is 64.4. The van der Waals surface area contributed by atoms with Crippen molar-refractivity contribution in [2.75, 3.05) is 39.6 Å². The number of carbonyl (C=O) groups excluding carboxylic acids is 4. The average molecular weight is 1450 g/mol. The normalized spacial score (nSPS) is 13.9. The Morgan fingerprint density at radius 2 is 0.465 bits per heavy atom. The van der Waals surface area contributed by atoms with E-state index in [0.717, 1.165) is 102 Å². The molecule has 99 heavy (non-hydrogen) atoms. The van der Waals surface area contributed by atoms with Crippen LogP contribution in [-0.2, 0) is 65.4 Å². The quantitative estimate of drug-likeness (QED) is 0.0222. The van der Waals surface area contributed by atoms with Crippen LogP contribution in [0.1, 0.15) is 426 Å². The molecule has 19 heteroatoms. The van der Waals surface area contributed by atoms with Crippen LogP contribution in [-0.4, -0.2) is 96.7 Å². The third kappa shape index (κ3) is 74.1. The summed E-state index contributed by atoms with van der Waals surface area (Å²) in [5.41, 5.74) is 0. The number of unbranched alkanes of at least 4 members (excludes halogenated alkanes) is 52. The highest BCUT2D eigenvalue weighted by Gasteiger charge is 2.30. The van der Waals surface area contributed by atoms with Crippen LogP contribution in [0.3, 0.4) is 0 Å². The van der Waals surface area contributed by atoms with Crippen LogP contribution in [0.2, 0.25) is 0 Å². The van der Waals surface area contributed by atoms with Gasteiger partial charge in [0.1, 0.15) is 19.3 Å². The Kier molecular flexibility index (Phi) is 71.6. The first-order valence-corrected chi connectivity index (χ1v) is 44.6. The summed E-state index contributed by atoms with van der Waals surface area (Å²) in [6, 6.07) is 0. The zero-order valence-electron chi connectivity index (χ0n) is 64.6. The second-order valence-corrected chi connectivity index (χ2v) is 32.2. The number of ether oxygens (including phenoxy) is 4. The van der Waals surface area contributed by atoms with E-state index in [1.165, 1.54) is 244 Å². The second-order valence-electron chi connectivity index (χ2n) is 29.3. The van der Waals surface area contributed by atoms with Gasteiger partial charge >= 0.3 is 39.5 Å². The summed E-state index contributed by atoms with van der Waals surface area (Å²) < 4.78 is 68.5. The highest BCUT2D eigenvalue weighted by Crippen LogP contribution is 2.45. The number of carbonyl (C=O) groups is 4. The number of phosphoric acid groups is 2. The third-order valence-corrected chi connectivity index (χ3v) is 20.7. The molecule has 5 atom stereocenters. The summed E-state index contributed by atoms with van der Waals surface area (Å²) in [5.74, 6) is -1.33. The SMILES string of the molecule is CCCCCCCCCCCCCCCCCCCCCCCC(=O)O[C@H](COC(=O)CCCCCCCCCCCCCCCCCCC)COP(=O)(O)OC[C@@H](O)COP(=O)(O)OC[C@@H](COC(=O)CCCCCCC)OC(=O)CCCCCCCCCCCCCCCC(C)C. The lowest BCUT2D eigenvalue weighted by atomic mass is 10.0. The topological polar surface area (TPSA) is 237 Å². The Morgan fingerprint density at radius 1 is 0.273 bits per heavy atom. The Labute approximate surface area is 607 Å². The number of phosphoric ester groups is 2. The van der Waals surface area contributed by atoms with E-state index in [2.05, 4.69) is 34.6 Å². The lowest BCUT2D eigenvalue weighted by molar-refractivity contribution is -0.161. The molecule has 0 saturated heterocycles. The Hall–Kier alpha value is -1.94. The van der Waals surface area contributed by atoms with Gasteiger partial charge in [-0.2, -0.15) is 0 Å². The molecule has 2 unspecified atom stereocenters. The second kappa shape index (κ2) is 73.0. The molecular weight excluding hydrogens is 1290 g/mol. The van der Waals surface area contributed by atoms with Crippen LogP contribution < -0.4 is 0 Å². The molecule has 0 radical (unpaired) electrons. The maximum Gasteiger partial charge on any atom is 0.472 e. The first-order chi connectivity index (χ1) is 48.0. The summed E-state index contributed by atoms with van der Waals surface area (Å²) in [7, 11) is -9.91. The maximum absolute atomic E-state index is 13.1. The van der Waals surface area contributed by atoms with Crippen molar-refractivity contribution < 1.29 is 80.2 Å². The van der Waals surface area contributed by atoms with Gasteiger partial charge in [-0.1, -0.05) is 375 Å². The Bertz CT molecular complexity index is 1890. The number of esters is 4. The molecule has 0 spiro atoms. The molecule has 0 fully saturated rings. The van der Waals surface area contributed by atoms with E-state index in [0.29, 0.717) is 25.7 Å². The van der Waals surface area contributed by atoms with Gasteiger partial charge < -0.3 is 33.8 Å². The molecule has 0 aliphatic carbocycles. The zero-order valence-corrected chi connectivity index (χ0v) is 66.4. The highest BCUT2D eigenvalue weighted by molar-refractivity contribution is 7.47. The minimum Gasteiger partial charge on any atom is -0.462 e. The first-order valence-electron chi connectivity index (χ1n) is 41.6. The minimum atomic E-state index is -4.96. The van der Waals surface area contributed by atoms with Gasteiger partial charge in [-0.25, -0.2) is 9.13 Å². The van der Waals surface area contributed by atoms with Crippen molar-refractivity contribution in [1.82, 2.24) is 0 Å². The van der Waals surface area contributed by atoms with E-state index >= 15 is 0 Å². The van der Waals surface area contributed by atoms with E-state index in [9.17, 15) is 43.2 Å². The third-order valence-electron chi connectivity index (χ3n) is 18.8. The van der Waals surface area contributed by atoms with E-state index in [1.54, 1.807) is 0 Å². The number of hydrogen-bond donors (Lipinski definition) is 3. The van der Waals surface area contributed by atoms with Crippen molar-refractivity contribution in [3.05, 3.63) is 0 Å². The van der Waals surface area contributed by atoms with Crippen molar-refractivity contribution in [3.8, 4) is 0 Å². The van der Waals surface area contributed by atoms with Crippen molar-refractivity contribution >= 4 is 39.5 Å². The van der Waals surface area contributed by atoms with Gasteiger partial charge in [0.2, 0.25) is 0 Å². The molecule has 0 aliphatic heterocycles. The molecule has 0 heterocycles. The van der Waals surface area contributed by atoms with Crippen LogP contribution in [0.25, 0.3) is 0 Å². The summed E-state index contributed by atoms with van der Waals surface area (Å²) >= 11 is 0. The van der Waals surface area contributed by atoms with E-state index in [-0.39, 0.29) is 25.7 Å². The van der Waals surface area contributed by atoms with Gasteiger partial charge in [-0.15, -0.1) is 0 Å². The van der Waals surface area contributed by atoms with Crippen LogP contribution in [0, 0.1) is 5.92 Å². The van der Waals surface area contributed by atoms with Crippen LogP contribution in [0.15, 0.2) is 0 Å². The summed E-state index contributed by atoms with van der Waals surface area (Å²) in [6.45, 7) is 7.25. The predicted molar refractivity (Wildman–Crippen MR) is 405 cm³/mol. The molecule has 17 nitrogen and oxygen atoms in total. The number of aliphatic hydroxyl groups is 1. The molecule has 0 aromatic heterocycles. The zero-order chi connectivity index (χ0) is 72.7. The first kappa shape index (κ1) is 97.1. The molecule has 0 rings (SSSR count).